The molecule has 1 aromatic heterocycles. The van der Waals surface area contributed by atoms with Gasteiger partial charge in [-0.3, -0.25) is 4.79 Å². The first-order valence-corrected chi connectivity index (χ1v) is 10.2. The minimum absolute atomic E-state index is 0.00274. The summed E-state index contributed by atoms with van der Waals surface area (Å²) in [5.41, 5.74) is 0.938. The molecule has 28 heavy (non-hydrogen) atoms. The summed E-state index contributed by atoms with van der Waals surface area (Å²) < 4.78 is 15.6. The van der Waals surface area contributed by atoms with E-state index in [1.807, 2.05) is 17.6 Å². The van der Waals surface area contributed by atoms with Crippen molar-refractivity contribution in [2.24, 2.45) is 0 Å². The van der Waals surface area contributed by atoms with Crippen molar-refractivity contribution in [1.82, 2.24) is 20.1 Å². The standard InChI is InChI=1S/C19H17Cl2FN4OS/c1-2-26-17(10-23-18(27)14-5-3-4-6-16(14)22)24-25-19(26)28-11-12-7-8-13(20)9-15(12)21/h3-9H,2,10-11H2,1H3,(H,23,27). The maximum absolute atomic E-state index is 13.7. The van der Waals surface area contributed by atoms with Gasteiger partial charge in [-0.05, 0) is 36.8 Å². The van der Waals surface area contributed by atoms with Crippen LogP contribution < -0.4 is 5.32 Å². The number of aromatic nitrogens is 3. The Kier molecular flexibility index (Phi) is 6.93. The molecule has 0 saturated carbocycles. The van der Waals surface area contributed by atoms with Crippen LogP contribution in [-0.4, -0.2) is 20.7 Å². The molecular formula is C19H17Cl2FN4OS. The summed E-state index contributed by atoms with van der Waals surface area (Å²) in [6.45, 7) is 2.75. The fourth-order valence-corrected chi connectivity index (χ4v) is 4.13. The third-order valence-electron chi connectivity index (χ3n) is 4.01. The quantitative estimate of drug-likeness (QED) is 0.529. The van der Waals surface area contributed by atoms with Crippen molar-refractivity contribution in [3.8, 4) is 0 Å². The molecule has 1 heterocycles. The number of rotatable bonds is 7. The molecule has 0 aliphatic rings. The van der Waals surface area contributed by atoms with Crippen LogP contribution in [0.2, 0.25) is 10.0 Å². The number of carbonyl (C=O) groups excluding carboxylic acids is 1. The Labute approximate surface area is 176 Å². The molecule has 9 heteroatoms. The molecule has 0 unspecified atom stereocenters. The van der Waals surface area contributed by atoms with Crippen LogP contribution in [0.4, 0.5) is 4.39 Å². The van der Waals surface area contributed by atoms with E-state index in [1.165, 1.54) is 30.0 Å². The molecule has 2 aromatic carbocycles. The third-order valence-corrected chi connectivity index (χ3v) is 5.61. The van der Waals surface area contributed by atoms with Crippen LogP contribution >= 0.6 is 35.0 Å². The van der Waals surface area contributed by atoms with Crippen molar-refractivity contribution in [1.29, 1.82) is 0 Å². The lowest BCUT2D eigenvalue weighted by Gasteiger charge is -2.09. The van der Waals surface area contributed by atoms with Crippen molar-refractivity contribution in [2.75, 3.05) is 0 Å². The first-order chi connectivity index (χ1) is 13.5. The predicted molar refractivity (Wildman–Crippen MR) is 109 cm³/mol. The van der Waals surface area contributed by atoms with Crippen LogP contribution in [0.1, 0.15) is 28.7 Å². The molecular weight excluding hydrogens is 422 g/mol. The Morgan fingerprint density at radius 2 is 2.00 bits per heavy atom. The van der Waals surface area contributed by atoms with Gasteiger partial charge < -0.3 is 9.88 Å². The largest absolute Gasteiger partial charge is 0.345 e. The summed E-state index contributed by atoms with van der Waals surface area (Å²) in [5, 5.41) is 12.9. The monoisotopic (exact) mass is 438 g/mol. The van der Waals surface area contributed by atoms with Crippen molar-refractivity contribution in [2.45, 2.75) is 30.9 Å². The van der Waals surface area contributed by atoms with E-state index in [1.54, 1.807) is 18.2 Å². The first-order valence-electron chi connectivity index (χ1n) is 8.51. The zero-order valence-corrected chi connectivity index (χ0v) is 17.3. The number of halogens is 3. The fraction of sp³-hybridized carbons (Fsp3) is 0.211. The van der Waals surface area contributed by atoms with E-state index in [-0.39, 0.29) is 12.1 Å². The molecule has 0 aliphatic carbocycles. The van der Waals surface area contributed by atoms with Crippen LogP contribution in [0.15, 0.2) is 47.6 Å². The lowest BCUT2D eigenvalue weighted by molar-refractivity contribution is 0.0945. The summed E-state index contributed by atoms with van der Waals surface area (Å²) in [5.74, 6) is 0.145. The molecule has 0 saturated heterocycles. The van der Waals surface area contributed by atoms with Gasteiger partial charge in [0.15, 0.2) is 11.0 Å². The van der Waals surface area contributed by atoms with E-state index in [0.29, 0.717) is 33.3 Å². The van der Waals surface area contributed by atoms with E-state index < -0.39 is 11.7 Å². The number of thioether (sulfide) groups is 1. The summed E-state index contributed by atoms with van der Waals surface area (Å²) in [6.07, 6.45) is 0. The van der Waals surface area contributed by atoms with Crippen LogP contribution in [0.3, 0.4) is 0 Å². The van der Waals surface area contributed by atoms with Crippen LogP contribution in [0, 0.1) is 5.82 Å². The second kappa shape index (κ2) is 9.41. The second-order valence-electron chi connectivity index (χ2n) is 5.83. The number of nitrogens with zero attached hydrogens (tertiary/aromatic N) is 3. The molecule has 146 valence electrons. The van der Waals surface area contributed by atoms with Crippen molar-refractivity contribution in [3.63, 3.8) is 0 Å². The van der Waals surface area contributed by atoms with Crippen molar-refractivity contribution in [3.05, 3.63) is 75.3 Å². The zero-order chi connectivity index (χ0) is 20.1. The lowest BCUT2D eigenvalue weighted by Crippen LogP contribution is -2.25. The number of benzene rings is 2. The van der Waals surface area contributed by atoms with Crippen LogP contribution in [0.5, 0.6) is 0 Å². The lowest BCUT2D eigenvalue weighted by atomic mass is 10.2. The molecule has 1 amide bonds. The van der Waals surface area contributed by atoms with E-state index in [9.17, 15) is 9.18 Å². The van der Waals surface area contributed by atoms with Gasteiger partial charge in [0.05, 0.1) is 12.1 Å². The Morgan fingerprint density at radius 3 is 2.71 bits per heavy atom. The molecule has 5 nitrogen and oxygen atoms in total. The van der Waals surface area contributed by atoms with Gasteiger partial charge >= 0.3 is 0 Å². The Hall–Kier alpha value is -2.09. The van der Waals surface area contributed by atoms with Gasteiger partial charge in [-0.25, -0.2) is 4.39 Å². The van der Waals surface area contributed by atoms with E-state index >= 15 is 0 Å². The summed E-state index contributed by atoms with van der Waals surface area (Å²) >= 11 is 13.6. The summed E-state index contributed by atoms with van der Waals surface area (Å²) in [7, 11) is 0. The molecule has 3 aromatic rings. The highest BCUT2D eigenvalue weighted by molar-refractivity contribution is 7.98. The molecule has 0 fully saturated rings. The van der Waals surface area contributed by atoms with E-state index in [4.69, 9.17) is 23.2 Å². The molecule has 0 bridgehead atoms. The summed E-state index contributed by atoms with van der Waals surface area (Å²) in [4.78, 5) is 12.2. The number of nitrogens with one attached hydrogen (secondary N) is 1. The minimum atomic E-state index is -0.562. The normalized spacial score (nSPS) is 10.9. The topological polar surface area (TPSA) is 59.8 Å². The number of hydrogen-bond acceptors (Lipinski definition) is 4. The Balaban J connectivity index is 1.66. The van der Waals surface area contributed by atoms with Gasteiger partial charge in [0.25, 0.3) is 5.91 Å². The third kappa shape index (κ3) is 4.84. The van der Waals surface area contributed by atoms with E-state index in [2.05, 4.69) is 15.5 Å². The number of hydrogen-bond donors (Lipinski definition) is 1. The van der Waals surface area contributed by atoms with Gasteiger partial charge in [-0.1, -0.05) is 53.2 Å². The molecule has 0 aliphatic heterocycles. The average molecular weight is 439 g/mol. The Bertz CT molecular complexity index is 996. The van der Waals surface area contributed by atoms with Gasteiger partial charge in [0.2, 0.25) is 0 Å². The number of carbonyl (C=O) groups is 1. The number of amides is 1. The second-order valence-corrected chi connectivity index (χ2v) is 7.62. The molecule has 0 spiro atoms. The highest BCUT2D eigenvalue weighted by Crippen LogP contribution is 2.28. The zero-order valence-electron chi connectivity index (χ0n) is 15.0. The molecule has 3 rings (SSSR count). The highest BCUT2D eigenvalue weighted by atomic mass is 35.5. The van der Waals surface area contributed by atoms with Gasteiger partial charge in [0, 0.05) is 22.3 Å². The molecule has 1 N–H and O–H groups in total. The Morgan fingerprint density at radius 1 is 1.21 bits per heavy atom. The smallest absolute Gasteiger partial charge is 0.254 e. The van der Waals surface area contributed by atoms with E-state index in [0.717, 1.165) is 5.56 Å². The van der Waals surface area contributed by atoms with Crippen molar-refractivity contribution < 1.29 is 9.18 Å². The maximum atomic E-state index is 13.7. The fourth-order valence-electron chi connectivity index (χ4n) is 2.56. The highest BCUT2D eigenvalue weighted by Gasteiger charge is 2.15. The van der Waals surface area contributed by atoms with Gasteiger partial charge in [0.1, 0.15) is 5.82 Å². The average Bonchev–Trinajstić information content (AvgIpc) is 3.07. The van der Waals surface area contributed by atoms with Gasteiger partial charge in [-0.2, -0.15) is 0 Å². The minimum Gasteiger partial charge on any atom is -0.345 e. The van der Waals surface area contributed by atoms with Crippen LogP contribution in [-0.2, 0) is 18.8 Å². The SMILES string of the molecule is CCn1c(CNC(=O)c2ccccc2F)nnc1SCc1ccc(Cl)cc1Cl. The predicted octanol–water partition coefficient (Wildman–Crippen LogP) is 4.97. The first kappa shape index (κ1) is 20.6. The van der Waals surface area contributed by atoms with Crippen molar-refractivity contribution >= 4 is 40.9 Å². The summed E-state index contributed by atoms with van der Waals surface area (Å²) in [6, 6.07) is 11.2. The molecule has 0 atom stereocenters. The molecule has 0 radical (unpaired) electrons. The van der Waals surface area contributed by atoms with Gasteiger partial charge in [-0.15, -0.1) is 10.2 Å². The van der Waals surface area contributed by atoms with Crippen LogP contribution in [0.25, 0.3) is 0 Å². The maximum Gasteiger partial charge on any atom is 0.254 e.